The van der Waals surface area contributed by atoms with Crippen LogP contribution < -0.4 is 5.32 Å². The average molecular weight is 249 g/mol. The van der Waals surface area contributed by atoms with Crippen LogP contribution in [0.15, 0.2) is 12.4 Å². The van der Waals surface area contributed by atoms with Crippen LogP contribution >= 0.6 is 11.3 Å². The van der Waals surface area contributed by atoms with Crippen molar-refractivity contribution in [2.24, 2.45) is 0 Å². The Morgan fingerprint density at radius 1 is 1.53 bits per heavy atom. The van der Waals surface area contributed by atoms with E-state index in [0.29, 0.717) is 18.6 Å². The summed E-state index contributed by atoms with van der Waals surface area (Å²) in [7, 11) is 0. The highest BCUT2D eigenvalue weighted by molar-refractivity contribution is 7.17. The molecule has 90 valence electrons. The van der Waals surface area contributed by atoms with Crippen LogP contribution in [-0.4, -0.2) is 21.2 Å². The van der Waals surface area contributed by atoms with Gasteiger partial charge in [-0.3, -0.25) is 9.20 Å². The number of imidazole rings is 1. The second-order valence-electron chi connectivity index (χ2n) is 4.69. The van der Waals surface area contributed by atoms with Gasteiger partial charge in [-0.1, -0.05) is 0 Å². The highest BCUT2D eigenvalue weighted by atomic mass is 32.1. The molecule has 1 aliphatic rings. The zero-order valence-corrected chi connectivity index (χ0v) is 10.8. The Bertz CT molecular complexity index is 571. The number of rotatable bonds is 1. The molecule has 0 aromatic carbocycles. The van der Waals surface area contributed by atoms with Crippen LogP contribution in [0.3, 0.4) is 0 Å². The third-order valence-corrected chi connectivity index (χ3v) is 4.25. The Morgan fingerprint density at radius 2 is 2.35 bits per heavy atom. The van der Waals surface area contributed by atoms with E-state index < -0.39 is 0 Å². The molecule has 0 aliphatic carbocycles. The predicted octanol–water partition coefficient (Wildman–Crippen LogP) is 2.09. The maximum atomic E-state index is 11.7. The summed E-state index contributed by atoms with van der Waals surface area (Å²) < 4.78 is 2.10. The van der Waals surface area contributed by atoms with Crippen molar-refractivity contribution in [1.29, 1.82) is 0 Å². The van der Waals surface area contributed by atoms with Gasteiger partial charge in [-0.05, 0) is 13.8 Å². The fourth-order valence-electron chi connectivity index (χ4n) is 2.61. The normalized spacial score (nSPS) is 25.6. The van der Waals surface area contributed by atoms with Crippen LogP contribution in [-0.2, 0) is 4.79 Å². The van der Waals surface area contributed by atoms with Crippen LogP contribution in [0.1, 0.15) is 36.4 Å². The van der Waals surface area contributed by atoms with Crippen molar-refractivity contribution < 1.29 is 4.79 Å². The molecule has 0 radical (unpaired) electrons. The molecule has 2 aromatic heterocycles. The molecule has 4 nitrogen and oxygen atoms in total. The second kappa shape index (κ2) is 3.92. The molecule has 1 fully saturated rings. The van der Waals surface area contributed by atoms with E-state index >= 15 is 0 Å². The first-order valence-corrected chi connectivity index (χ1v) is 6.67. The van der Waals surface area contributed by atoms with Gasteiger partial charge in [0.2, 0.25) is 0 Å². The summed E-state index contributed by atoms with van der Waals surface area (Å²) in [6.07, 6.45) is 5.02. The van der Waals surface area contributed by atoms with E-state index in [1.54, 1.807) is 11.3 Å². The molecule has 1 saturated heterocycles. The quantitative estimate of drug-likeness (QED) is 0.841. The molecule has 1 aliphatic heterocycles. The Morgan fingerprint density at radius 3 is 3.12 bits per heavy atom. The molecule has 0 amide bonds. The van der Waals surface area contributed by atoms with Gasteiger partial charge in [-0.25, -0.2) is 4.98 Å². The number of hydrogen-bond acceptors (Lipinski definition) is 4. The van der Waals surface area contributed by atoms with Crippen molar-refractivity contribution in [3.05, 3.63) is 23.0 Å². The minimum absolute atomic E-state index is 0.134. The van der Waals surface area contributed by atoms with Crippen molar-refractivity contribution in [3.63, 3.8) is 0 Å². The number of nitrogens with zero attached hydrogens (tertiary/aromatic N) is 2. The largest absolute Gasteiger partial charge is 0.305 e. The van der Waals surface area contributed by atoms with Crippen LogP contribution in [0, 0.1) is 6.92 Å². The fourth-order valence-corrected chi connectivity index (χ4v) is 3.60. The molecule has 2 unspecified atom stereocenters. The zero-order chi connectivity index (χ0) is 12.0. The molecular weight excluding hydrogens is 234 g/mol. The number of Topliss-reactive ketones (excluding diaryl/α,β-unsaturated/α-hetero) is 1. The van der Waals surface area contributed by atoms with Gasteiger partial charge in [0.15, 0.2) is 4.96 Å². The number of piperidine rings is 1. The summed E-state index contributed by atoms with van der Waals surface area (Å²) in [5.74, 6) is 0.347. The fraction of sp³-hybridized carbons (Fsp3) is 0.500. The number of thiazole rings is 1. The monoisotopic (exact) mass is 249 g/mol. The number of nitrogens with one attached hydrogen (secondary N) is 1. The summed E-state index contributed by atoms with van der Waals surface area (Å²) >= 11 is 1.68. The number of carbonyl (C=O) groups excluding carboxylic acids is 1. The second-order valence-corrected chi connectivity index (χ2v) is 5.87. The van der Waals surface area contributed by atoms with Gasteiger partial charge in [-0.2, -0.15) is 0 Å². The Balaban J connectivity index is 2.05. The molecular formula is C12H15N3OS. The van der Waals surface area contributed by atoms with E-state index in [9.17, 15) is 4.79 Å². The van der Waals surface area contributed by atoms with Crippen LogP contribution in [0.4, 0.5) is 0 Å². The number of fused-ring (bicyclic) bond motifs is 1. The van der Waals surface area contributed by atoms with Gasteiger partial charge in [-0.15, -0.1) is 11.3 Å². The third-order valence-electron chi connectivity index (χ3n) is 3.25. The van der Waals surface area contributed by atoms with Crippen molar-refractivity contribution in [1.82, 2.24) is 14.7 Å². The molecule has 0 spiro atoms. The highest BCUT2D eigenvalue weighted by Crippen LogP contribution is 2.31. The predicted molar refractivity (Wildman–Crippen MR) is 67.4 cm³/mol. The third kappa shape index (κ3) is 1.79. The Labute approximate surface area is 104 Å². The van der Waals surface area contributed by atoms with E-state index in [2.05, 4.69) is 28.5 Å². The SMILES string of the molecule is Cc1sc2nccn2c1C1CC(=O)CC(C)N1. The average Bonchev–Trinajstić information content (AvgIpc) is 2.74. The van der Waals surface area contributed by atoms with E-state index in [-0.39, 0.29) is 12.1 Å². The van der Waals surface area contributed by atoms with Gasteiger partial charge in [0.1, 0.15) is 5.78 Å². The summed E-state index contributed by atoms with van der Waals surface area (Å²) in [5, 5.41) is 3.51. The van der Waals surface area contributed by atoms with E-state index in [1.165, 1.54) is 10.6 Å². The lowest BCUT2D eigenvalue weighted by molar-refractivity contribution is -0.121. The summed E-state index contributed by atoms with van der Waals surface area (Å²) in [6.45, 7) is 4.16. The highest BCUT2D eigenvalue weighted by Gasteiger charge is 2.28. The molecule has 0 saturated carbocycles. The van der Waals surface area contributed by atoms with Gasteiger partial charge in [0, 0.05) is 36.2 Å². The van der Waals surface area contributed by atoms with E-state index in [0.717, 1.165) is 4.96 Å². The molecule has 3 heterocycles. The zero-order valence-electron chi connectivity index (χ0n) is 9.93. The summed E-state index contributed by atoms with van der Waals surface area (Å²) in [4.78, 5) is 18.3. The number of aryl methyl sites for hydroxylation is 1. The molecule has 0 bridgehead atoms. The Kier molecular flexibility index (Phi) is 2.52. The van der Waals surface area contributed by atoms with Gasteiger partial charge in [0.05, 0.1) is 11.7 Å². The first-order valence-electron chi connectivity index (χ1n) is 5.85. The number of aromatic nitrogens is 2. The first-order chi connectivity index (χ1) is 8.15. The standard InChI is InChI=1S/C12H15N3OS/c1-7-5-9(16)6-10(14-7)11-8(2)17-12-13-3-4-15(11)12/h3-4,7,10,14H,5-6H2,1-2H3. The van der Waals surface area contributed by atoms with Crippen molar-refractivity contribution in [2.45, 2.75) is 38.8 Å². The molecule has 3 rings (SSSR count). The lowest BCUT2D eigenvalue weighted by atomic mass is 9.96. The lowest BCUT2D eigenvalue weighted by Crippen LogP contribution is -2.39. The number of hydrogen-bond donors (Lipinski definition) is 1. The Hall–Kier alpha value is -1.20. The van der Waals surface area contributed by atoms with Crippen LogP contribution in [0.5, 0.6) is 0 Å². The smallest absolute Gasteiger partial charge is 0.194 e. The first kappa shape index (κ1) is 10.9. The maximum absolute atomic E-state index is 11.7. The molecule has 5 heteroatoms. The van der Waals surface area contributed by atoms with Gasteiger partial charge < -0.3 is 5.32 Å². The lowest BCUT2D eigenvalue weighted by Gasteiger charge is -2.28. The van der Waals surface area contributed by atoms with Crippen LogP contribution in [0.25, 0.3) is 4.96 Å². The summed E-state index contributed by atoms with van der Waals surface area (Å²) in [6, 6.07) is 0.397. The minimum atomic E-state index is 0.134. The van der Waals surface area contributed by atoms with Crippen molar-refractivity contribution in [3.8, 4) is 0 Å². The van der Waals surface area contributed by atoms with Crippen molar-refractivity contribution >= 4 is 22.1 Å². The van der Waals surface area contributed by atoms with Gasteiger partial charge >= 0.3 is 0 Å². The topological polar surface area (TPSA) is 46.4 Å². The summed E-state index contributed by atoms with van der Waals surface area (Å²) in [5.41, 5.74) is 1.20. The van der Waals surface area contributed by atoms with E-state index in [4.69, 9.17) is 0 Å². The maximum Gasteiger partial charge on any atom is 0.194 e. The number of carbonyl (C=O) groups is 1. The molecule has 1 N–H and O–H groups in total. The van der Waals surface area contributed by atoms with Crippen LogP contribution in [0.2, 0.25) is 0 Å². The molecule has 2 aromatic rings. The molecule has 17 heavy (non-hydrogen) atoms. The number of ketones is 1. The van der Waals surface area contributed by atoms with Gasteiger partial charge in [0.25, 0.3) is 0 Å². The molecule has 2 atom stereocenters. The van der Waals surface area contributed by atoms with Crippen molar-refractivity contribution in [2.75, 3.05) is 0 Å². The van der Waals surface area contributed by atoms with E-state index in [1.807, 2.05) is 12.4 Å². The minimum Gasteiger partial charge on any atom is -0.305 e.